The van der Waals surface area contributed by atoms with Crippen molar-refractivity contribution in [1.82, 2.24) is 4.98 Å². The maximum absolute atomic E-state index is 12.3. The van der Waals surface area contributed by atoms with E-state index in [2.05, 4.69) is 15.0 Å². The Kier molecular flexibility index (Phi) is 4.40. The summed E-state index contributed by atoms with van der Waals surface area (Å²) in [7, 11) is -2.08. The smallest absolute Gasteiger partial charge is 0.265 e. The third-order valence-corrected chi connectivity index (χ3v) is 4.24. The van der Waals surface area contributed by atoms with Crippen molar-refractivity contribution < 1.29 is 8.42 Å². The van der Waals surface area contributed by atoms with Crippen LogP contribution in [0.5, 0.6) is 0 Å². The van der Waals surface area contributed by atoms with Crippen LogP contribution in [0.1, 0.15) is 5.56 Å². The first-order chi connectivity index (χ1) is 10.1. The van der Waals surface area contributed by atoms with E-state index >= 15 is 0 Å². The minimum absolute atomic E-state index is 0.0774. The first-order valence-electron chi connectivity index (χ1n) is 6.17. The van der Waals surface area contributed by atoms with Crippen LogP contribution in [0.2, 0.25) is 0 Å². The van der Waals surface area contributed by atoms with E-state index in [1.54, 1.807) is 37.4 Å². The molecule has 0 unspecified atom stereocenters. The number of nitriles is 1. The lowest BCUT2D eigenvalue weighted by atomic mass is 10.1. The summed E-state index contributed by atoms with van der Waals surface area (Å²) in [5.74, 6) is 0. The van der Waals surface area contributed by atoms with Crippen LogP contribution in [0.25, 0.3) is 0 Å². The third kappa shape index (κ3) is 3.49. The van der Waals surface area contributed by atoms with Gasteiger partial charge in [0.1, 0.15) is 4.90 Å². The Morgan fingerprint density at radius 1 is 1.24 bits per heavy atom. The van der Waals surface area contributed by atoms with Crippen LogP contribution in [-0.2, 0) is 16.4 Å². The number of sulfonamides is 1. The normalized spacial score (nSPS) is 10.7. The Morgan fingerprint density at radius 3 is 2.57 bits per heavy atom. The number of anilines is 2. The number of hydrogen-bond acceptors (Lipinski definition) is 5. The van der Waals surface area contributed by atoms with Gasteiger partial charge in [-0.3, -0.25) is 9.71 Å². The summed E-state index contributed by atoms with van der Waals surface area (Å²) in [4.78, 5) is 3.92. The zero-order valence-corrected chi connectivity index (χ0v) is 12.2. The second-order valence-electron chi connectivity index (χ2n) is 4.26. The Bertz CT molecular complexity index is 764. The van der Waals surface area contributed by atoms with E-state index in [0.29, 0.717) is 17.8 Å². The molecule has 6 nitrogen and oxygen atoms in total. The van der Waals surface area contributed by atoms with Crippen LogP contribution in [0.3, 0.4) is 0 Å². The average Bonchev–Trinajstić information content (AvgIpc) is 2.49. The Balaban J connectivity index is 2.27. The fraction of sp³-hybridized carbons (Fsp3) is 0.143. The lowest BCUT2D eigenvalue weighted by molar-refractivity contribution is 0.601. The molecule has 2 rings (SSSR count). The molecule has 1 aromatic heterocycles. The highest BCUT2D eigenvalue weighted by molar-refractivity contribution is 7.92. The summed E-state index contributed by atoms with van der Waals surface area (Å²) in [6, 6.07) is 10.3. The minimum atomic E-state index is -3.72. The molecule has 0 aliphatic heterocycles. The molecule has 0 atom stereocenters. The molecule has 0 amide bonds. The Labute approximate surface area is 123 Å². The summed E-state index contributed by atoms with van der Waals surface area (Å²) in [6.07, 6.45) is 3.10. The van der Waals surface area contributed by atoms with E-state index in [9.17, 15) is 8.42 Å². The maximum Gasteiger partial charge on any atom is 0.265 e. The van der Waals surface area contributed by atoms with Crippen molar-refractivity contribution in [2.45, 2.75) is 11.3 Å². The molecular weight excluding hydrogens is 288 g/mol. The standard InChI is InChI=1S/C14H14N4O2S/c1-16-13-7-9-17-10-14(13)21(19,20)18-12-4-2-11(3-5-12)6-8-15/h2-5,7,9-10,18H,6H2,1H3,(H,16,17). The van der Waals surface area contributed by atoms with Crippen LogP contribution in [0, 0.1) is 11.3 Å². The van der Waals surface area contributed by atoms with Crippen molar-refractivity contribution >= 4 is 21.4 Å². The summed E-state index contributed by atoms with van der Waals surface area (Å²) in [5.41, 5.74) is 1.74. The molecule has 1 heterocycles. The van der Waals surface area contributed by atoms with E-state index in [0.717, 1.165) is 5.56 Å². The molecule has 1 aromatic carbocycles. The number of hydrogen-bond donors (Lipinski definition) is 2. The van der Waals surface area contributed by atoms with Gasteiger partial charge < -0.3 is 5.32 Å². The molecule has 21 heavy (non-hydrogen) atoms. The first kappa shape index (κ1) is 14.8. The van der Waals surface area contributed by atoms with Gasteiger partial charge in [-0.1, -0.05) is 12.1 Å². The van der Waals surface area contributed by atoms with E-state index in [4.69, 9.17) is 5.26 Å². The SMILES string of the molecule is CNc1ccncc1S(=O)(=O)Nc1ccc(CC#N)cc1. The molecule has 7 heteroatoms. The lowest BCUT2D eigenvalue weighted by Gasteiger charge is -2.11. The quantitative estimate of drug-likeness (QED) is 0.880. The number of aromatic nitrogens is 1. The molecule has 108 valence electrons. The largest absolute Gasteiger partial charge is 0.387 e. The van der Waals surface area contributed by atoms with Gasteiger partial charge in [-0.05, 0) is 23.8 Å². The minimum Gasteiger partial charge on any atom is -0.387 e. The molecule has 0 bridgehead atoms. The van der Waals surface area contributed by atoms with Crippen molar-refractivity contribution in [3.8, 4) is 6.07 Å². The molecule has 0 spiro atoms. The van der Waals surface area contributed by atoms with Gasteiger partial charge in [0.05, 0.1) is 18.2 Å². The summed E-state index contributed by atoms with van der Waals surface area (Å²) < 4.78 is 27.2. The van der Waals surface area contributed by atoms with Crippen molar-refractivity contribution in [1.29, 1.82) is 5.26 Å². The molecule has 0 aliphatic rings. The second-order valence-corrected chi connectivity index (χ2v) is 5.91. The molecule has 0 saturated heterocycles. The number of rotatable bonds is 5. The van der Waals surface area contributed by atoms with Crippen molar-refractivity contribution in [2.75, 3.05) is 17.1 Å². The van der Waals surface area contributed by atoms with E-state index < -0.39 is 10.0 Å². The highest BCUT2D eigenvalue weighted by Gasteiger charge is 2.18. The van der Waals surface area contributed by atoms with Crippen LogP contribution >= 0.6 is 0 Å². The van der Waals surface area contributed by atoms with E-state index in [1.807, 2.05) is 6.07 Å². The van der Waals surface area contributed by atoms with Gasteiger partial charge in [0.25, 0.3) is 10.0 Å². The maximum atomic E-state index is 12.3. The van der Waals surface area contributed by atoms with Gasteiger partial charge in [0.15, 0.2) is 0 Å². The molecular formula is C14H14N4O2S. The Morgan fingerprint density at radius 2 is 1.95 bits per heavy atom. The lowest BCUT2D eigenvalue weighted by Crippen LogP contribution is -2.15. The number of pyridine rings is 1. The molecule has 2 aromatic rings. The molecule has 0 saturated carbocycles. The van der Waals surface area contributed by atoms with Crippen LogP contribution in [0.15, 0.2) is 47.6 Å². The first-order valence-corrected chi connectivity index (χ1v) is 7.65. The Hall–Kier alpha value is -2.59. The zero-order valence-electron chi connectivity index (χ0n) is 11.4. The highest BCUT2D eigenvalue weighted by Crippen LogP contribution is 2.22. The van der Waals surface area contributed by atoms with Gasteiger partial charge in [-0.25, -0.2) is 8.42 Å². The predicted molar refractivity (Wildman–Crippen MR) is 80.4 cm³/mol. The second kappa shape index (κ2) is 6.24. The van der Waals surface area contributed by atoms with Gasteiger partial charge in [-0.2, -0.15) is 5.26 Å². The number of benzene rings is 1. The molecule has 0 fully saturated rings. The number of nitrogens with zero attached hydrogens (tertiary/aromatic N) is 2. The molecule has 0 radical (unpaired) electrons. The summed E-state index contributed by atoms with van der Waals surface area (Å²) >= 11 is 0. The monoisotopic (exact) mass is 302 g/mol. The van der Waals surface area contributed by atoms with E-state index in [-0.39, 0.29) is 4.90 Å². The van der Waals surface area contributed by atoms with Crippen LogP contribution in [0.4, 0.5) is 11.4 Å². The van der Waals surface area contributed by atoms with Gasteiger partial charge >= 0.3 is 0 Å². The number of nitrogens with one attached hydrogen (secondary N) is 2. The van der Waals surface area contributed by atoms with Crippen molar-refractivity contribution in [2.24, 2.45) is 0 Å². The zero-order chi connectivity index (χ0) is 15.3. The third-order valence-electron chi connectivity index (χ3n) is 2.83. The molecule has 0 aliphatic carbocycles. The average molecular weight is 302 g/mol. The van der Waals surface area contributed by atoms with Crippen molar-refractivity contribution in [3.05, 3.63) is 48.3 Å². The highest BCUT2D eigenvalue weighted by atomic mass is 32.2. The predicted octanol–water partition coefficient (Wildman–Crippen LogP) is 1.99. The molecule has 2 N–H and O–H groups in total. The van der Waals surface area contributed by atoms with Gasteiger partial charge in [0, 0.05) is 25.1 Å². The fourth-order valence-corrected chi connectivity index (χ4v) is 3.01. The summed E-state index contributed by atoms with van der Waals surface area (Å²) in [6.45, 7) is 0. The van der Waals surface area contributed by atoms with Crippen LogP contribution in [-0.4, -0.2) is 20.4 Å². The van der Waals surface area contributed by atoms with Crippen molar-refractivity contribution in [3.63, 3.8) is 0 Å². The fourth-order valence-electron chi connectivity index (χ4n) is 1.79. The van der Waals surface area contributed by atoms with E-state index in [1.165, 1.54) is 12.4 Å². The van der Waals surface area contributed by atoms with Crippen LogP contribution < -0.4 is 10.0 Å². The topological polar surface area (TPSA) is 94.9 Å². The van der Waals surface area contributed by atoms with Gasteiger partial charge in [-0.15, -0.1) is 0 Å². The van der Waals surface area contributed by atoms with Gasteiger partial charge in [0.2, 0.25) is 0 Å². The summed E-state index contributed by atoms with van der Waals surface area (Å²) in [5, 5.41) is 11.4.